The number of aromatic nitrogens is 2. The van der Waals surface area contributed by atoms with Gasteiger partial charge in [-0.25, -0.2) is 9.58 Å². The zero-order valence-corrected chi connectivity index (χ0v) is 20.1. The second-order valence-electron chi connectivity index (χ2n) is 8.82. The minimum absolute atomic E-state index is 0.0886. The third kappa shape index (κ3) is 3.08. The van der Waals surface area contributed by atoms with Crippen LogP contribution in [0.3, 0.4) is 0 Å². The Labute approximate surface area is 203 Å². The average molecular weight is 464 g/mol. The zero-order valence-electron chi connectivity index (χ0n) is 20.1. The van der Waals surface area contributed by atoms with E-state index >= 15 is 0 Å². The molecule has 174 valence electrons. The van der Waals surface area contributed by atoms with E-state index in [4.69, 9.17) is 14.8 Å². The molecule has 0 saturated carbocycles. The van der Waals surface area contributed by atoms with E-state index in [1.807, 2.05) is 66.2 Å². The Kier molecular flexibility index (Phi) is 4.74. The number of aryl methyl sites for hydroxylation is 2. The lowest BCUT2D eigenvalue weighted by atomic mass is 9.95. The Bertz CT molecular complexity index is 1500. The van der Waals surface area contributed by atoms with E-state index in [-0.39, 0.29) is 11.9 Å². The van der Waals surface area contributed by atoms with Gasteiger partial charge in [0.15, 0.2) is 5.82 Å². The van der Waals surface area contributed by atoms with Crippen LogP contribution in [0.15, 0.2) is 77.8 Å². The molecular formula is C28H25N5O2. The molecule has 0 bridgehead atoms. The molecule has 4 aromatic rings. The van der Waals surface area contributed by atoms with Gasteiger partial charge >= 0.3 is 0 Å². The maximum absolute atomic E-state index is 12.9. The van der Waals surface area contributed by atoms with Gasteiger partial charge in [-0.05, 0) is 55.3 Å². The molecule has 3 aromatic carbocycles. The fourth-order valence-electron chi connectivity index (χ4n) is 5.10. The minimum Gasteiger partial charge on any atom is -0.497 e. The van der Waals surface area contributed by atoms with E-state index in [1.165, 1.54) is 0 Å². The lowest BCUT2D eigenvalue weighted by molar-refractivity contribution is -0.115. The summed E-state index contributed by atoms with van der Waals surface area (Å²) in [4.78, 5) is 21.8. The quantitative estimate of drug-likeness (QED) is 0.405. The first-order valence-electron chi connectivity index (χ1n) is 11.6. The number of hydrogen-bond acceptors (Lipinski definition) is 5. The maximum atomic E-state index is 12.9. The molecular weight excluding hydrogens is 438 g/mol. The van der Waals surface area contributed by atoms with E-state index in [0.717, 1.165) is 51.0 Å². The van der Waals surface area contributed by atoms with Crippen molar-refractivity contribution in [2.45, 2.75) is 26.8 Å². The Balaban J connectivity index is 1.66. The molecule has 3 heterocycles. The van der Waals surface area contributed by atoms with Crippen molar-refractivity contribution in [1.82, 2.24) is 9.78 Å². The number of carbonyl (C=O) groups excluding carboxylic acids is 1. The second-order valence-corrected chi connectivity index (χ2v) is 8.82. The third-order valence-electron chi connectivity index (χ3n) is 6.71. The molecule has 7 heteroatoms. The summed E-state index contributed by atoms with van der Waals surface area (Å²) in [6.45, 7) is 5.66. The number of amides is 1. The summed E-state index contributed by atoms with van der Waals surface area (Å²) in [6.07, 6.45) is 0. The van der Waals surface area contributed by atoms with Crippen molar-refractivity contribution in [1.29, 1.82) is 0 Å². The Morgan fingerprint density at radius 2 is 1.54 bits per heavy atom. The first kappa shape index (κ1) is 21.2. The second kappa shape index (κ2) is 7.84. The topological polar surface area (TPSA) is 63.0 Å². The molecule has 0 saturated heterocycles. The van der Waals surface area contributed by atoms with Crippen LogP contribution in [0.1, 0.15) is 35.3 Å². The van der Waals surface area contributed by atoms with Crippen molar-refractivity contribution in [3.8, 4) is 11.4 Å². The van der Waals surface area contributed by atoms with E-state index in [9.17, 15) is 4.79 Å². The lowest BCUT2D eigenvalue weighted by Crippen LogP contribution is -2.44. The van der Waals surface area contributed by atoms with Crippen LogP contribution in [0.4, 0.5) is 17.2 Å². The summed E-state index contributed by atoms with van der Waals surface area (Å²) >= 11 is 0. The van der Waals surface area contributed by atoms with Gasteiger partial charge in [0.1, 0.15) is 5.75 Å². The van der Waals surface area contributed by atoms with Crippen LogP contribution in [0.2, 0.25) is 0 Å². The Hall–Kier alpha value is -4.39. The van der Waals surface area contributed by atoms with Gasteiger partial charge in [-0.2, -0.15) is 10.1 Å². The minimum atomic E-state index is -0.216. The van der Waals surface area contributed by atoms with E-state index in [2.05, 4.69) is 30.0 Å². The molecule has 35 heavy (non-hydrogen) atoms. The Morgan fingerprint density at radius 1 is 0.886 bits per heavy atom. The third-order valence-corrected chi connectivity index (χ3v) is 6.71. The predicted molar refractivity (Wildman–Crippen MR) is 137 cm³/mol. The molecule has 1 atom stereocenters. The van der Waals surface area contributed by atoms with E-state index in [0.29, 0.717) is 5.96 Å². The van der Waals surface area contributed by atoms with Crippen LogP contribution in [-0.2, 0) is 4.79 Å². The highest BCUT2D eigenvalue weighted by Gasteiger charge is 2.45. The molecule has 0 aliphatic carbocycles. The molecule has 6 rings (SSSR count). The monoisotopic (exact) mass is 463 g/mol. The fraction of sp³-hybridized carbons (Fsp3) is 0.179. The van der Waals surface area contributed by atoms with Crippen LogP contribution in [-0.4, -0.2) is 28.8 Å². The van der Waals surface area contributed by atoms with Gasteiger partial charge in [0, 0.05) is 12.5 Å². The predicted octanol–water partition coefficient (Wildman–Crippen LogP) is 5.46. The summed E-state index contributed by atoms with van der Waals surface area (Å²) in [6, 6.07) is 23.9. The van der Waals surface area contributed by atoms with Crippen LogP contribution in [0.25, 0.3) is 5.69 Å². The van der Waals surface area contributed by atoms with Gasteiger partial charge in [-0.15, -0.1) is 0 Å². The van der Waals surface area contributed by atoms with Crippen molar-refractivity contribution < 1.29 is 9.53 Å². The van der Waals surface area contributed by atoms with Gasteiger partial charge in [0.25, 0.3) is 0 Å². The van der Waals surface area contributed by atoms with Crippen LogP contribution in [0, 0.1) is 13.8 Å². The largest absolute Gasteiger partial charge is 0.497 e. The van der Waals surface area contributed by atoms with Gasteiger partial charge in [-0.1, -0.05) is 42.5 Å². The maximum Gasteiger partial charge on any atom is 0.230 e. The number of anilines is 2. The van der Waals surface area contributed by atoms with Crippen molar-refractivity contribution >= 4 is 29.1 Å². The number of hydrogen-bond donors (Lipinski definition) is 0. The molecule has 1 amide bonds. The number of aliphatic imine (C=N–C) groups is 1. The summed E-state index contributed by atoms with van der Waals surface area (Å²) < 4.78 is 7.31. The molecule has 2 aliphatic heterocycles. The molecule has 0 spiro atoms. The number of benzene rings is 3. The van der Waals surface area contributed by atoms with Crippen molar-refractivity contribution in [3.63, 3.8) is 0 Å². The molecule has 0 fully saturated rings. The molecule has 0 unspecified atom stereocenters. The summed E-state index contributed by atoms with van der Waals surface area (Å²) in [7, 11) is 1.66. The molecule has 7 nitrogen and oxygen atoms in total. The number of fused-ring (bicyclic) bond motifs is 4. The number of methoxy groups -OCH3 is 1. The van der Waals surface area contributed by atoms with Gasteiger partial charge in [-0.3, -0.25) is 9.69 Å². The van der Waals surface area contributed by atoms with E-state index < -0.39 is 0 Å². The van der Waals surface area contributed by atoms with Gasteiger partial charge in [0.05, 0.1) is 35.9 Å². The highest BCUT2D eigenvalue weighted by atomic mass is 16.5. The summed E-state index contributed by atoms with van der Waals surface area (Å²) in [5.74, 6) is 2.03. The molecule has 0 N–H and O–H groups in total. The van der Waals surface area contributed by atoms with Crippen molar-refractivity contribution in [3.05, 3.63) is 95.2 Å². The SMILES string of the molecule is COc1ccc([C@@H]2c3c(C)nn(-c4ccccc4C)c3N=C3N(C(C)=O)c4ccccc4N32)cc1. The lowest BCUT2D eigenvalue weighted by Gasteiger charge is -2.34. The van der Waals surface area contributed by atoms with Crippen LogP contribution in [0.5, 0.6) is 5.75 Å². The number of ether oxygens (including phenoxy) is 1. The first-order chi connectivity index (χ1) is 17.0. The van der Waals surface area contributed by atoms with Crippen molar-refractivity contribution in [2.24, 2.45) is 4.99 Å². The average Bonchev–Trinajstić information content (AvgIpc) is 3.38. The van der Waals surface area contributed by atoms with Crippen LogP contribution >= 0.6 is 0 Å². The summed E-state index contributed by atoms with van der Waals surface area (Å²) in [5.41, 5.74) is 6.80. The standard InChI is InChI=1S/C28H25N5O2/c1-17-9-5-6-10-22(17)33-27-25(18(2)30-33)26(20-13-15-21(35-4)16-14-20)32-24-12-8-7-11-23(24)31(19(3)34)28(32)29-27/h5-16,26H,1-4H3/t26-/m1/s1. The van der Waals surface area contributed by atoms with Crippen LogP contribution < -0.4 is 14.5 Å². The number of nitrogens with zero attached hydrogens (tertiary/aromatic N) is 5. The molecule has 1 aromatic heterocycles. The molecule has 0 radical (unpaired) electrons. The Morgan fingerprint density at radius 3 is 2.20 bits per heavy atom. The normalized spacial score (nSPS) is 15.9. The van der Waals surface area contributed by atoms with Gasteiger partial charge < -0.3 is 4.74 Å². The fourth-order valence-corrected chi connectivity index (χ4v) is 5.10. The highest BCUT2D eigenvalue weighted by molar-refractivity contribution is 6.29. The highest BCUT2D eigenvalue weighted by Crippen LogP contribution is 2.50. The van der Waals surface area contributed by atoms with Gasteiger partial charge in [0.2, 0.25) is 11.9 Å². The van der Waals surface area contributed by atoms with E-state index in [1.54, 1.807) is 18.9 Å². The smallest absolute Gasteiger partial charge is 0.230 e. The van der Waals surface area contributed by atoms with Crippen molar-refractivity contribution in [2.75, 3.05) is 16.9 Å². The first-order valence-corrected chi connectivity index (χ1v) is 11.6. The summed E-state index contributed by atoms with van der Waals surface area (Å²) in [5, 5.41) is 4.94. The number of guanidine groups is 1. The number of carbonyl (C=O) groups is 1. The number of rotatable bonds is 3. The zero-order chi connectivity index (χ0) is 24.3. The molecule has 2 aliphatic rings. The number of para-hydroxylation sites is 3.